The van der Waals surface area contributed by atoms with Crippen molar-refractivity contribution in [3.63, 3.8) is 0 Å². The summed E-state index contributed by atoms with van der Waals surface area (Å²) in [5.74, 6) is 2.81. The number of hydrogen-bond donors (Lipinski definition) is 2. The molecule has 0 saturated carbocycles. The predicted molar refractivity (Wildman–Crippen MR) is 83.2 cm³/mol. The zero-order valence-corrected chi connectivity index (χ0v) is 13.0. The number of aromatic amines is 2. The second-order valence-electron chi connectivity index (χ2n) is 6.13. The lowest BCUT2D eigenvalue weighted by Gasteiger charge is -2.14. The van der Waals surface area contributed by atoms with Crippen LogP contribution in [0.15, 0.2) is 12.4 Å². The maximum absolute atomic E-state index is 4.48. The molecule has 2 aromatic rings. The number of imidazole rings is 2. The Morgan fingerprint density at radius 2 is 2.19 bits per heavy atom. The number of nitrogens with zero attached hydrogens (tertiary/aromatic N) is 3. The van der Waals surface area contributed by atoms with E-state index in [-0.39, 0.29) is 0 Å². The molecule has 0 aromatic carbocycles. The summed E-state index contributed by atoms with van der Waals surface area (Å²) in [7, 11) is 0. The minimum absolute atomic E-state index is 0.543. The maximum Gasteiger partial charge on any atom is 0.110 e. The van der Waals surface area contributed by atoms with Gasteiger partial charge in [-0.15, -0.1) is 0 Å². The maximum atomic E-state index is 4.48. The van der Waals surface area contributed by atoms with Crippen molar-refractivity contribution < 1.29 is 0 Å². The van der Waals surface area contributed by atoms with Crippen LogP contribution in [0.5, 0.6) is 0 Å². The quantitative estimate of drug-likeness (QED) is 0.859. The Hall–Kier alpha value is -1.62. The van der Waals surface area contributed by atoms with Crippen LogP contribution in [0.1, 0.15) is 55.1 Å². The van der Waals surface area contributed by atoms with Gasteiger partial charge in [0, 0.05) is 49.2 Å². The molecule has 0 radical (unpaired) electrons. The van der Waals surface area contributed by atoms with E-state index < -0.39 is 0 Å². The van der Waals surface area contributed by atoms with Crippen LogP contribution in [0.25, 0.3) is 0 Å². The summed E-state index contributed by atoms with van der Waals surface area (Å²) >= 11 is 0. The monoisotopic (exact) mass is 287 g/mol. The van der Waals surface area contributed by atoms with Gasteiger partial charge in [0.25, 0.3) is 0 Å². The third-order valence-electron chi connectivity index (χ3n) is 4.22. The van der Waals surface area contributed by atoms with Crippen molar-refractivity contribution in [1.82, 2.24) is 24.8 Å². The summed E-state index contributed by atoms with van der Waals surface area (Å²) in [6.45, 7) is 7.45. The topological polar surface area (TPSA) is 60.6 Å². The molecule has 0 amide bonds. The van der Waals surface area contributed by atoms with Crippen LogP contribution in [0.2, 0.25) is 0 Å². The summed E-state index contributed by atoms with van der Waals surface area (Å²) in [6, 6.07) is 0. The van der Waals surface area contributed by atoms with Crippen LogP contribution >= 0.6 is 0 Å². The van der Waals surface area contributed by atoms with Crippen LogP contribution < -0.4 is 0 Å². The third-order valence-corrected chi connectivity index (χ3v) is 4.22. The Bertz CT molecular complexity index is 571. The molecular formula is C16H25N5. The summed E-state index contributed by atoms with van der Waals surface area (Å²) in [5, 5.41) is 0. The van der Waals surface area contributed by atoms with E-state index in [0.717, 1.165) is 43.4 Å². The zero-order chi connectivity index (χ0) is 14.7. The number of H-pyrrole nitrogens is 2. The number of unbranched alkanes of at least 4 members (excludes halogenated alkanes) is 1. The van der Waals surface area contributed by atoms with Crippen molar-refractivity contribution in [2.45, 2.75) is 52.0 Å². The average molecular weight is 287 g/mol. The number of rotatable bonds is 6. The molecule has 1 atom stereocenters. The highest BCUT2D eigenvalue weighted by Crippen LogP contribution is 2.25. The van der Waals surface area contributed by atoms with E-state index in [0.29, 0.717) is 5.92 Å². The van der Waals surface area contributed by atoms with Crippen LogP contribution in [0.3, 0.4) is 0 Å². The average Bonchev–Trinajstić information content (AvgIpc) is 3.18. The van der Waals surface area contributed by atoms with Gasteiger partial charge in [-0.25, -0.2) is 9.97 Å². The molecule has 1 saturated heterocycles. The molecule has 0 spiro atoms. The van der Waals surface area contributed by atoms with Crippen molar-refractivity contribution in [2.75, 3.05) is 13.1 Å². The number of aromatic nitrogens is 4. The van der Waals surface area contributed by atoms with E-state index >= 15 is 0 Å². The number of aryl methyl sites for hydroxylation is 2. The lowest BCUT2D eigenvalue weighted by molar-refractivity contribution is 0.322. The molecule has 114 valence electrons. The molecule has 1 aliphatic heterocycles. The van der Waals surface area contributed by atoms with E-state index in [9.17, 15) is 0 Å². The first kappa shape index (κ1) is 14.3. The fourth-order valence-electron chi connectivity index (χ4n) is 3.04. The second-order valence-corrected chi connectivity index (χ2v) is 6.13. The van der Waals surface area contributed by atoms with Gasteiger partial charge in [0.05, 0.1) is 0 Å². The number of nitrogens with one attached hydrogen (secondary N) is 2. The second kappa shape index (κ2) is 6.43. The summed E-state index contributed by atoms with van der Waals surface area (Å²) in [5.41, 5.74) is 2.38. The van der Waals surface area contributed by atoms with Gasteiger partial charge in [0.2, 0.25) is 0 Å². The molecule has 0 unspecified atom stereocenters. The number of hydrogen-bond acceptors (Lipinski definition) is 3. The largest absolute Gasteiger partial charge is 0.346 e. The van der Waals surface area contributed by atoms with Gasteiger partial charge < -0.3 is 9.97 Å². The first-order chi connectivity index (χ1) is 10.2. The number of likely N-dealkylation sites (tertiary alicyclic amines) is 1. The van der Waals surface area contributed by atoms with Gasteiger partial charge in [-0.3, -0.25) is 4.90 Å². The zero-order valence-electron chi connectivity index (χ0n) is 13.0. The molecule has 2 N–H and O–H groups in total. The van der Waals surface area contributed by atoms with E-state index in [1.165, 1.54) is 25.0 Å². The van der Waals surface area contributed by atoms with Gasteiger partial charge in [0.1, 0.15) is 11.6 Å². The summed E-state index contributed by atoms with van der Waals surface area (Å²) in [4.78, 5) is 18.3. The molecule has 21 heavy (non-hydrogen) atoms. The van der Waals surface area contributed by atoms with Crippen LogP contribution in [-0.4, -0.2) is 37.9 Å². The third kappa shape index (κ3) is 3.53. The summed E-state index contributed by atoms with van der Waals surface area (Å²) in [6.07, 6.45) is 8.58. The standard InChI is InChI=1S/C16H25N5/c1-3-4-5-15-17-9-14(20-15)11-21-7-6-13(10-21)16-18-8-12(2)19-16/h8-9,13H,3-7,10-11H2,1-2H3,(H,17,20)(H,18,19)/t13-/m0/s1. The highest BCUT2D eigenvalue weighted by Gasteiger charge is 2.26. The minimum Gasteiger partial charge on any atom is -0.346 e. The lowest BCUT2D eigenvalue weighted by Crippen LogP contribution is -2.20. The Labute approximate surface area is 126 Å². The summed E-state index contributed by atoms with van der Waals surface area (Å²) < 4.78 is 0. The van der Waals surface area contributed by atoms with Gasteiger partial charge >= 0.3 is 0 Å². The normalized spacial score (nSPS) is 19.4. The lowest BCUT2D eigenvalue weighted by atomic mass is 10.1. The van der Waals surface area contributed by atoms with Crippen LogP contribution in [0, 0.1) is 6.92 Å². The minimum atomic E-state index is 0.543. The van der Waals surface area contributed by atoms with Gasteiger partial charge in [0.15, 0.2) is 0 Å². The van der Waals surface area contributed by atoms with Gasteiger partial charge in [-0.2, -0.15) is 0 Å². The molecule has 2 aromatic heterocycles. The van der Waals surface area contributed by atoms with E-state index in [1.54, 1.807) is 0 Å². The molecule has 1 fully saturated rings. The molecule has 0 aliphatic carbocycles. The smallest absolute Gasteiger partial charge is 0.110 e. The van der Waals surface area contributed by atoms with Crippen molar-refractivity contribution in [1.29, 1.82) is 0 Å². The van der Waals surface area contributed by atoms with Gasteiger partial charge in [-0.05, 0) is 26.3 Å². The van der Waals surface area contributed by atoms with Crippen molar-refractivity contribution in [2.24, 2.45) is 0 Å². The highest BCUT2D eigenvalue weighted by atomic mass is 15.2. The molecule has 1 aliphatic rings. The Morgan fingerprint density at radius 3 is 2.95 bits per heavy atom. The molecule has 3 rings (SSSR count). The molecule has 3 heterocycles. The van der Waals surface area contributed by atoms with Crippen LogP contribution in [-0.2, 0) is 13.0 Å². The first-order valence-electron chi connectivity index (χ1n) is 8.01. The van der Waals surface area contributed by atoms with Crippen molar-refractivity contribution >= 4 is 0 Å². The van der Waals surface area contributed by atoms with Crippen molar-refractivity contribution in [3.05, 3.63) is 35.4 Å². The van der Waals surface area contributed by atoms with Gasteiger partial charge in [-0.1, -0.05) is 13.3 Å². The molecule has 0 bridgehead atoms. The molecule has 5 heteroatoms. The van der Waals surface area contributed by atoms with Crippen LogP contribution in [0.4, 0.5) is 0 Å². The highest BCUT2D eigenvalue weighted by molar-refractivity contribution is 5.08. The van der Waals surface area contributed by atoms with E-state index in [4.69, 9.17) is 0 Å². The van der Waals surface area contributed by atoms with Crippen molar-refractivity contribution in [3.8, 4) is 0 Å². The Kier molecular flexibility index (Phi) is 4.39. The molecule has 5 nitrogen and oxygen atoms in total. The Morgan fingerprint density at radius 1 is 1.29 bits per heavy atom. The van der Waals surface area contributed by atoms with E-state index in [2.05, 4.69) is 38.7 Å². The predicted octanol–water partition coefficient (Wildman–Crippen LogP) is 2.77. The Balaban J connectivity index is 1.53. The SMILES string of the molecule is CCCCc1ncc(CN2CC[C@H](c3ncc(C)[nH]3)C2)[nH]1. The van der Waals surface area contributed by atoms with E-state index in [1.807, 2.05) is 12.4 Å². The fourth-order valence-corrected chi connectivity index (χ4v) is 3.04. The molecular weight excluding hydrogens is 262 g/mol. The fraction of sp³-hybridized carbons (Fsp3) is 0.625. The first-order valence-corrected chi connectivity index (χ1v) is 8.01.